The highest BCUT2D eigenvalue weighted by Gasteiger charge is 2.19. The van der Waals surface area contributed by atoms with Gasteiger partial charge in [-0.3, -0.25) is 9.59 Å². The Morgan fingerprint density at radius 2 is 1.81 bits per heavy atom. The van der Waals surface area contributed by atoms with Crippen molar-refractivity contribution >= 4 is 34.4 Å². The van der Waals surface area contributed by atoms with Crippen LogP contribution >= 0.6 is 11.6 Å². The fraction of sp³-hybridized carbons (Fsp3) is 0.190. The topological polar surface area (TPSA) is 59.5 Å². The molecule has 1 aromatic heterocycles. The van der Waals surface area contributed by atoms with Crippen molar-refractivity contribution in [2.45, 2.75) is 6.92 Å². The van der Waals surface area contributed by atoms with Gasteiger partial charge in [-0.05, 0) is 31.2 Å². The SMILES string of the molecule is CCOC(=O)CN(C)C(=O)c1cc(-c2ccc(Cl)cc2)nc2ccccc12. The minimum Gasteiger partial charge on any atom is -0.465 e. The summed E-state index contributed by atoms with van der Waals surface area (Å²) in [5.74, 6) is -0.707. The molecular formula is C21H19ClN2O3. The number of aromatic nitrogens is 1. The second-order valence-corrected chi connectivity index (χ2v) is 6.48. The molecule has 138 valence electrons. The molecule has 3 rings (SSSR count). The lowest BCUT2D eigenvalue weighted by Gasteiger charge is -2.18. The quantitative estimate of drug-likeness (QED) is 0.621. The van der Waals surface area contributed by atoms with Gasteiger partial charge in [0.2, 0.25) is 0 Å². The van der Waals surface area contributed by atoms with Crippen molar-refractivity contribution in [1.29, 1.82) is 0 Å². The molecule has 0 N–H and O–H groups in total. The van der Waals surface area contributed by atoms with Crippen LogP contribution in [0.3, 0.4) is 0 Å². The van der Waals surface area contributed by atoms with E-state index in [-0.39, 0.29) is 19.1 Å². The normalized spacial score (nSPS) is 10.6. The number of para-hydroxylation sites is 1. The van der Waals surface area contributed by atoms with Crippen LogP contribution in [0.1, 0.15) is 17.3 Å². The first kappa shape index (κ1) is 18.9. The van der Waals surface area contributed by atoms with Gasteiger partial charge in [-0.1, -0.05) is 41.9 Å². The number of rotatable bonds is 5. The van der Waals surface area contributed by atoms with E-state index in [2.05, 4.69) is 4.98 Å². The number of hydrogen-bond acceptors (Lipinski definition) is 4. The molecule has 0 bridgehead atoms. The molecule has 0 radical (unpaired) electrons. The number of hydrogen-bond donors (Lipinski definition) is 0. The number of amides is 1. The second kappa shape index (κ2) is 8.18. The van der Waals surface area contributed by atoms with Gasteiger partial charge < -0.3 is 9.64 Å². The van der Waals surface area contributed by atoms with Crippen molar-refractivity contribution < 1.29 is 14.3 Å². The van der Waals surface area contributed by atoms with Gasteiger partial charge in [-0.2, -0.15) is 0 Å². The van der Waals surface area contributed by atoms with Crippen molar-refractivity contribution in [3.05, 3.63) is 65.2 Å². The molecule has 0 unspecified atom stereocenters. The monoisotopic (exact) mass is 382 g/mol. The van der Waals surface area contributed by atoms with Crippen LogP contribution in [0.4, 0.5) is 0 Å². The molecule has 3 aromatic rings. The summed E-state index contributed by atoms with van der Waals surface area (Å²) < 4.78 is 4.93. The lowest BCUT2D eigenvalue weighted by atomic mass is 10.0. The van der Waals surface area contributed by atoms with Crippen LogP contribution in [0.25, 0.3) is 22.2 Å². The Labute approximate surface area is 162 Å². The summed E-state index contributed by atoms with van der Waals surface area (Å²) in [5, 5.41) is 1.36. The lowest BCUT2D eigenvalue weighted by molar-refractivity contribution is -0.143. The highest BCUT2D eigenvalue weighted by molar-refractivity contribution is 6.30. The molecule has 1 amide bonds. The Morgan fingerprint density at radius 1 is 1.11 bits per heavy atom. The standard InChI is InChI=1S/C21H19ClN2O3/c1-3-27-20(25)13-24(2)21(26)17-12-19(14-8-10-15(22)11-9-14)23-18-7-5-4-6-16(17)18/h4-12H,3,13H2,1-2H3. The van der Waals surface area contributed by atoms with Gasteiger partial charge in [0.25, 0.3) is 5.91 Å². The first-order valence-corrected chi connectivity index (χ1v) is 8.94. The van der Waals surface area contributed by atoms with Crippen molar-refractivity contribution in [3.63, 3.8) is 0 Å². The van der Waals surface area contributed by atoms with Crippen LogP contribution < -0.4 is 0 Å². The Hall–Kier alpha value is -2.92. The molecular weight excluding hydrogens is 364 g/mol. The van der Waals surface area contributed by atoms with Crippen LogP contribution in [0, 0.1) is 0 Å². The average Bonchev–Trinajstić information content (AvgIpc) is 2.67. The van der Waals surface area contributed by atoms with Crippen LogP contribution in [-0.2, 0) is 9.53 Å². The smallest absolute Gasteiger partial charge is 0.325 e. The molecule has 0 atom stereocenters. The molecule has 0 saturated heterocycles. The lowest BCUT2D eigenvalue weighted by Crippen LogP contribution is -2.33. The summed E-state index contributed by atoms with van der Waals surface area (Å²) in [5.41, 5.74) is 2.71. The molecule has 5 nitrogen and oxygen atoms in total. The second-order valence-electron chi connectivity index (χ2n) is 6.05. The summed E-state index contributed by atoms with van der Waals surface area (Å²) in [6.45, 7) is 1.90. The van der Waals surface area contributed by atoms with Gasteiger partial charge >= 0.3 is 5.97 Å². The van der Waals surface area contributed by atoms with Crippen LogP contribution in [0.2, 0.25) is 5.02 Å². The maximum absolute atomic E-state index is 13.0. The van der Waals surface area contributed by atoms with E-state index in [4.69, 9.17) is 16.3 Å². The predicted octanol–water partition coefficient (Wildman–Crippen LogP) is 4.19. The van der Waals surface area contributed by atoms with E-state index in [1.807, 2.05) is 36.4 Å². The van der Waals surface area contributed by atoms with Gasteiger partial charge in [0.05, 0.1) is 23.4 Å². The number of carbonyl (C=O) groups is 2. The molecule has 6 heteroatoms. The van der Waals surface area contributed by atoms with Crippen molar-refractivity contribution in [3.8, 4) is 11.3 Å². The van der Waals surface area contributed by atoms with E-state index >= 15 is 0 Å². The van der Waals surface area contributed by atoms with Crippen molar-refractivity contribution in [1.82, 2.24) is 9.88 Å². The zero-order chi connectivity index (χ0) is 19.4. The van der Waals surface area contributed by atoms with Gasteiger partial charge in [-0.15, -0.1) is 0 Å². The third-order valence-corrected chi connectivity index (χ3v) is 4.36. The largest absolute Gasteiger partial charge is 0.465 e. The molecule has 0 aliphatic heterocycles. The summed E-state index contributed by atoms with van der Waals surface area (Å²) >= 11 is 5.97. The number of halogens is 1. The number of carbonyl (C=O) groups excluding carboxylic acids is 2. The average molecular weight is 383 g/mol. The van der Waals surface area contributed by atoms with E-state index in [0.29, 0.717) is 21.8 Å². The molecule has 2 aromatic carbocycles. The first-order chi connectivity index (χ1) is 13.0. The van der Waals surface area contributed by atoms with E-state index < -0.39 is 5.97 Å². The van der Waals surface area contributed by atoms with Crippen LogP contribution in [0.15, 0.2) is 54.6 Å². The van der Waals surface area contributed by atoms with Gasteiger partial charge in [0.1, 0.15) is 6.54 Å². The summed E-state index contributed by atoms with van der Waals surface area (Å²) in [6, 6.07) is 16.5. The fourth-order valence-electron chi connectivity index (χ4n) is 2.80. The molecule has 27 heavy (non-hydrogen) atoms. The Kier molecular flexibility index (Phi) is 5.72. The highest BCUT2D eigenvalue weighted by Crippen LogP contribution is 2.26. The summed E-state index contributed by atoms with van der Waals surface area (Å²) in [6.07, 6.45) is 0. The van der Waals surface area contributed by atoms with Gasteiger partial charge in [0.15, 0.2) is 0 Å². The number of pyridine rings is 1. The van der Waals surface area contributed by atoms with E-state index in [1.54, 1.807) is 32.2 Å². The number of esters is 1. The summed E-state index contributed by atoms with van der Waals surface area (Å²) in [4.78, 5) is 30.8. The fourth-order valence-corrected chi connectivity index (χ4v) is 2.92. The minimum absolute atomic E-state index is 0.112. The Balaban J connectivity index is 2.04. The molecule has 0 aliphatic carbocycles. The number of benzene rings is 2. The molecule has 0 spiro atoms. The van der Waals surface area contributed by atoms with Gasteiger partial charge in [-0.25, -0.2) is 4.98 Å². The van der Waals surface area contributed by atoms with Crippen LogP contribution in [0.5, 0.6) is 0 Å². The Morgan fingerprint density at radius 3 is 2.52 bits per heavy atom. The first-order valence-electron chi connectivity index (χ1n) is 8.56. The molecule has 0 aliphatic rings. The maximum Gasteiger partial charge on any atom is 0.325 e. The summed E-state index contributed by atoms with van der Waals surface area (Å²) in [7, 11) is 1.58. The van der Waals surface area contributed by atoms with Gasteiger partial charge in [0, 0.05) is 23.0 Å². The molecule has 1 heterocycles. The number of ether oxygens (including phenoxy) is 1. The third-order valence-electron chi connectivity index (χ3n) is 4.10. The van der Waals surface area contributed by atoms with E-state index in [9.17, 15) is 9.59 Å². The van der Waals surface area contributed by atoms with E-state index in [0.717, 1.165) is 10.9 Å². The highest BCUT2D eigenvalue weighted by atomic mass is 35.5. The van der Waals surface area contributed by atoms with Crippen LogP contribution in [-0.4, -0.2) is 42.0 Å². The maximum atomic E-state index is 13.0. The van der Waals surface area contributed by atoms with Crippen molar-refractivity contribution in [2.24, 2.45) is 0 Å². The van der Waals surface area contributed by atoms with E-state index in [1.165, 1.54) is 4.90 Å². The zero-order valence-electron chi connectivity index (χ0n) is 15.1. The Bertz CT molecular complexity index is 986. The molecule has 0 saturated carbocycles. The predicted molar refractivity (Wildman–Crippen MR) is 106 cm³/mol. The number of nitrogens with zero attached hydrogens (tertiary/aromatic N) is 2. The minimum atomic E-state index is -0.440. The molecule has 0 fully saturated rings. The van der Waals surface area contributed by atoms with Crippen molar-refractivity contribution in [2.75, 3.05) is 20.2 Å². The number of fused-ring (bicyclic) bond motifs is 1. The number of likely N-dealkylation sites (N-methyl/N-ethyl adjacent to an activating group) is 1. The third kappa shape index (κ3) is 4.26. The zero-order valence-corrected chi connectivity index (χ0v) is 15.9.